The lowest BCUT2D eigenvalue weighted by Gasteiger charge is -2.15. The van der Waals surface area contributed by atoms with Crippen LogP contribution in [0.3, 0.4) is 0 Å². The molecular formula is C19H22N6O3S. The molecule has 2 amide bonds. The highest BCUT2D eigenvalue weighted by atomic mass is 32.1. The number of likely N-dealkylation sites (tertiary alicyclic amines) is 1. The van der Waals surface area contributed by atoms with E-state index in [1.807, 2.05) is 31.4 Å². The Morgan fingerprint density at radius 3 is 2.55 bits per heavy atom. The predicted molar refractivity (Wildman–Crippen MR) is 110 cm³/mol. The Kier molecular flexibility index (Phi) is 4.95. The molecule has 1 aliphatic rings. The second-order valence-electron chi connectivity index (χ2n) is 7.33. The molecule has 3 aromatic rings. The molecule has 0 bridgehead atoms. The number of carbonyl (C=O) groups is 2. The van der Waals surface area contributed by atoms with E-state index in [2.05, 4.69) is 9.97 Å². The van der Waals surface area contributed by atoms with E-state index in [4.69, 9.17) is 5.73 Å². The number of nitrogens with zero attached hydrogens (tertiary/aromatic N) is 5. The molecule has 0 spiro atoms. The topological polar surface area (TPSA) is 116 Å². The fraction of sp³-hybridized carbons (Fsp3) is 0.421. The Labute approximate surface area is 170 Å². The quantitative estimate of drug-likeness (QED) is 0.681. The monoisotopic (exact) mass is 414 g/mol. The van der Waals surface area contributed by atoms with Crippen molar-refractivity contribution < 1.29 is 9.59 Å². The lowest BCUT2D eigenvalue weighted by molar-refractivity contribution is -0.130. The molecule has 0 saturated carbocycles. The van der Waals surface area contributed by atoms with Gasteiger partial charge >= 0.3 is 5.69 Å². The van der Waals surface area contributed by atoms with Crippen LogP contribution in [0.25, 0.3) is 21.9 Å². The molecule has 0 atom stereocenters. The van der Waals surface area contributed by atoms with Crippen molar-refractivity contribution in [2.24, 2.45) is 5.73 Å². The summed E-state index contributed by atoms with van der Waals surface area (Å²) in [4.78, 5) is 49.6. The fourth-order valence-electron chi connectivity index (χ4n) is 3.68. The number of nitrogens with two attached hydrogens (primary N) is 1. The summed E-state index contributed by atoms with van der Waals surface area (Å²) < 4.78 is 2.77. The molecule has 10 heteroatoms. The van der Waals surface area contributed by atoms with Crippen LogP contribution in [0.2, 0.25) is 0 Å². The molecule has 0 aliphatic carbocycles. The number of fused-ring (bicyclic) bond motifs is 1. The maximum absolute atomic E-state index is 13.2. The van der Waals surface area contributed by atoms with Crippen molar-refractivity contribution in [3.8, 4) is 10.7 Å². The lowest BCUT2D eigenvalue weighted by Crippen LogP contribution is -2.35. The van der Waals surface area contributed by atoms with E-state index < -0.39 is 11.6 Å². The maximum Gasteiger partial charge on any atom is 0.331 e. The van der Waals surface area contributed by atoms with Crippen molar-refractivity contribution >= 4 is 34.3 Å². The van der Waals surface area contributed by atoms with E-state index >= 15 is 0 Å². The molecule has 152 valence electrons. The highest BCUT2D eigenvalue weighted by Crippen LogP contribution is 2.26. The zero-order valence-corrected chi connectivity index (χ0v) is 17.1. The molecule has 3 aromatic heterocycles. The summed E-state index contributed by atoms with van der Waals surface area (Å²) in [6.07, 6.45) is 1.91. The summed E-state index contributed by atoms with van der Waals surface area (Å²) in [5, 5.41) is 1.88. The zero-order chi connectivity index (χ0) is 20.7. The molecule has 2 N–H and O–H groups in total. The first-order chi connectivity index (χ1) is 13.9. The summed E-state index contributed by atoms with van der Waals surface area (Å²) in [7, 11) is 0. The molecular weight excluding hydrogens is 392 g/mol. The molecule has 4 rings (SSSR count). The molecule has 29 heavy (non-hydrogen) atoms. The van der Waals surface area contributed by atoms with Gasteiger partial charge in [-0.15, -0.1) is 11.3 Å². The van der Waals surface area contributed by atoms with Gasteiger partial charge in [0.25, 0.3) is 5.91 Å². The Bertz CT molecular complexity index is 1140. The standard InChI is InChI=1S/C19H22N6O3S/c1-11(2)25-18-15(24(19(25)28)10-13(26)23-7-3-4-8-23)14(16(20)27)21-17(22-18)12-6-5-9-29-12/h5-6,9,11H,3-4,7-8,10H2,1-2H3,(H2,20,27). The lowest BCUT2D eigenvalue weighted by atomic mass is 10.3. The van der Waals surface area contributed by atoms with E-state index in [1.54, 1.807) is 4.90 Å². The number of imidazole rings is 1. The summed E-state index contributed by atoms with van der Waals surface area (Å²) >= 11 is 1.43. The Balaban J connectivity index is 1.95. The van der Waals surface area contributed by atoms with Crippen molar-refractivity contribution in [2.45, 2.75) is 39.3 Å². The first kappa shape index (κ1) is 19.3. The van der Waals surface area contributed by atoms with Crippen LogP contribution in [0.4, 0.5) is 0 Å². The SMILES string of the molecule is CC(C)n1c(=O)n(CC(=O)N2CCCC2)c2c(C(N)=O)nc(-c3cccs3)nc21. The number of carbonyl (C=O) groups excluding carboxylic acids is 2. The van der Waals surface area contributed by atoms with Crippen molar-refractivity contribution in [1.29, 1.82) is 0 Å². The van der Waals surface area contributed by atoms with E-state index in [-0.39, 0.29) is 29.7 Å². The van der Waals surface area contributed by atoms with Crippen LogP contribution in [0, 0.1) is 0 Å². The van der Waals surface area contributed by atoms with Gasteiger partial charge in [0.05, 0.1) is 4.88 Å². The van der Waals surface area contributed by atoms with Gasteiger partial charge in [-0.1, -0.05) is 6.07 Å². The molecule has 0 radical (unpaired) electrons. The highest BCUT2D eigenvalue weighted by molar-refractivity contribution is 7.13. The van der Waals surface area contributed by atoms with Crippen molar-refractivity contribution in [1.82, 2.24) is 24.0 Å². The van der Waals surface area contributed by atoms with Crippen LogP contribution in [0.15, 0.2) is 22.3 Å². The van der Waals surface area contributed by atoms with E-state index in [0.717, 1.165) is 17.7 Å². The first-order valence-corrected chi connectivity index (χ1v) is 10.4. The summed E-state index contributed by atoms with van der Waals surface area (Å²) in [5.74, 6) is -0.595. The number of aromatic nitrogens is 4. The van der Waals surface area contributed by atoms with E-state index in [9.17, 15) is 14.4 Å². The Morgan fingerprint density at radius 2 is 1.97 bits per heavy atom. The molecule has 1 aliphatic heterocycles. The molecule has 0 unspecified atom stereocenters. The minimum absolute atomic E-state index is 0.0517. The fourth-order valence-corrected chi connectivity index (χ4v) is 4.34. The largest absolute Gasteiger partial charge is 0.364 e. The Morgan fingerprint density at radius 1 is 1.24 bits per heavy atom. The van der Waals surface area contributed by atoms with Gasteiger partial charge in [0.1, 0.15) is 12.1 Å². The maximum atomic E-state index is 13.2. The number of thiophene rings is 1. The van der Waals surface area contributed by atoms with Crippen molar-refractivity contribution in [3.05, 3.63) is 33.7 Å². The number of primary amides is 1. The smallest absolute Gasteiger partial charge is 0.331 e. The Hall–Kier alpha value is -3.01. The van der Waals surface area contributed by atoms with Crippen LogP contribution >= 0.6 is 11.3 Å². The average molecular weight is 414 g/mol. The summed E-state index contributed by atoms with van der Waals surface area (Å²) in [6.45, 7) is 4.89. The highest BCUT2D eigenvalue weighted by Gasteiger charge is 2.27. The van der Waals surface area contributed by atoms with Gasteiger partial charge in [-0.3, -0.25) is 18.7 Å². The summed E-state index contributed by atoms with van der Waals surface area (Å²) in [6, 6.07) is 3.47. The predicted octanol–water partition coefficient (Wildman–Crippen LogP) is 1.62. The summed E-state index contributed by atoms with van der Waals surface area (Å²) in [5.41, 5.74) is 5.69. The van der Waals surface area contributed by atoms with Crippen LogP contribution in [-0.2, 0) is 11.3 Å². The third-order valence-corrected chi connectivity index (χ3v) is 5.91. The zero-order valence-electron chi connectivity index (χ0n) is 16.3. The molecule has 4 heterocycles. The molecule has 0 aromatic carbocycles. The van der Waals surface area contributed by atoms with Gasteiger partial charge in [0, 0.05) is 19.1 Å². The number of hydrogen-bond donors (Lipinski definition) is 1. The number of hydrogen-bond acceptors (Lipinski definition) is 6. The van der Waals surface area contributed by atoms with Crippen molar-refractivity contribution in [2.75, 3.05) is 13.1 Å². The van der Waals surface area contributed by atoms with Crippen LogP contribution in [0.1, 0.15) is 43.2 Å². The van der Waals surface area contributed by atoms with Gasteiger partial charge in [-0.2, -0.15) is 0 Å². The third-order valence-electron chi connectivity index (χ3n) is 5.04. The van der Waals surface area contributed by atoms with Crippen LogP contribution in [0.5, 0.6) is 0 Å². The molecule has 9 nitrogen and oxygen atoms in total. The number of rotatable bonds is 5. The number of amides is 2. The normalized spacial score (nSPS) is 14.2. The average Bonchev–Trinajstić information content (AvgIpc) is 3.42. The second-order valence-corrected chi connectivity index (χ2v) is 8.28. The van der Waals surface area contributed by atoms with E-state index in [1.165, 1.54) is 20.5 Å². The molecule has 1 fully saturated rings. The van der Waals surface area contributed by atoms with Gasteiger partial charge in [0.2, 0.25) is 5.91 Å². The van der Waals surface area contributed by atoms with Gasteiger partial charge < -0.3 is 10.6 Å². The van der Waals surface area contributed by atoms with Gasteiger partial charge in [0.15, 0.2) is 17.2 Å². The third kappa shape index (κ3) is 3.33. The van der Waals surface area contributed by atoms with E-state index in [0.29, 0.717) is 24.6 Å². The first-order valence-electron chi connectivity index (χ1n) is 9.52. The minimum atomic E-state index is -0.765. The van der Waals surface area contributed by atoms with Crippen molar-refractivity contribution in [3.63, 3.8) is 0 Å². The van der Waals surface area contributed by atoms with Gasteiger partial charge in [-0.25, -0.2) is 14.8 Å². The molecule has 1 saturated heterocycles. The second kappa shape index (κ2) is 7.43. The minimum Gasteiger partial charge on any atom is -0.364 e. The van der Waals surface area contributed by atoms with Crippen LogP contribution < -0.4 is 11.4 Å². The van der Waals surface area contributed by atoms with Crippen LogP contribution in [-0.4, -0.2) is 48.9 Å². The van der Waals surface area contributed by atoms with Gasteiger partial charge in [-0.05, 0) is 38.1 Å².